The normalized spacial score (nSPS) is 19.3. The number of methoxy groups -OCH3 is 1. The molecule has 0 bridgehead atoms. The number of ether oxygens (including phenoxy) is 1. The van der Waals surface area contributed by atoms with Crippen molar-refractivity contribution in [3.05, 3.63) is 88.4 Å². The van der Waals surface area contributed by atoms with E-state index in [1.54, 1.807) is 18.2 Å². The summed E-state index contributed by atoms with van der Waals surface area (Å²) < 4.78 is 44.9. The molecule has 2 aromatic rings. The molecule has 2 atom stereocenters. The van der Waals surface area contributed by atoms with Crippen molar-refractivity contribution in [2.75, 3.05) is 7.11 Å². The van der Waals surface area contributed by atoms with Gasteiger partial charge in [0.05, 0.1) is 12.3 Å². The molecule has 1 aromatic heterocycles. The van der Waals surface area contributed by atoms with Gasteiger partial charge in [-0.2, -0.15) is 0 Å². The zero-order valence-corrected chi connectivity index (χ0v) is 20.3. The summed E-state index contributed by atoms with van der Waals surface area (Å²) in [6.07, 6.45) is 3.87. The number of aromatic nitrogens is 1. The standard InChI is InChI=1S/C26H31FN2O4S/c1-19(24-9-4-3-7-20(24)18-33-2)29(17-22-8-5-6-16-28-22)25(30)26(14-15-26)34(31,32)23-12-10-21(27)11-13-23/h3-10,12,16,19,25,30H,11,13-15,17-18H2,1-2H3. The van der Waals surface area contributed by atoms with Crippen LogP contribution in [0.3, 0.4) is 0 Å². The largest absolute Gasteiger partial charge is 0.380 e. The Labute approximate surface area is 200 Å². The molecule has 4 rings (SSSR count). The second kappa shape index (κ2) is 10.1. The van der Waals surface area contributed by atoms with Crippen LogP contribution in [0.2, 0.25) is 0 Å². The van der Waals surface area contributed by atoms with Crippen LogP contribution in [0.1, 0.15) is 55.5 Å². The number of halogens is 1. The third-order valence-electron chi connectivity index (χ3n) is 6.84. The SMILES string of the molecule is COCc1ccccc1C(C)N(Cc1ccccn1)C(O)C1(S(=O)(=O)C2=CC=C(F)CC2)CC1. The molecule has 2 aliphatic rings. The smallest absolute Gasteiger partial charge is 0.184 e. The van der Waals surface area contributed by atoms with E-state index in [-0.39, 0.29) is 36.2 Å². The lowest BCUT2D eigenvalue weighted by Crippen LogP contribution is -2.50. The van der Waals surface area contributed by atoms with Gasteiger partial charge in [-0.3, -0.25) is 9.88 Å². The topological polar surface area (TPSA) is 79.7 Å². The van der Waals surface area contributed by atoms with Gasteiger partial charge in [0.15, 0.2) is 9.84 Å². The Morgan fingerprint density at radius 3 is 2.50 bits per heavy atom. The number of aliphatic hydroxyl groups is 1. The quantitative estimate of drug-likeness (QED) is 0.495. The maximum absolute atomic E-state index is 13.7. The van der Waals surface area contributed by atoms with Crippen molar-refractivity contribution in [2.45, 2.75) is 62.8 Å². The number of aliphatic hydroxyl groups excluding tert-OH is 1. The van der Waals surface area contributed by atoms with Crippen molar-refractivity contribution in [3.8, 4) is 0 Å². The highest BCUT2D eigenvalue weighted by Crippen LogP contribution is 2.52. The molecule has 0 amide bonds. The monoisotopic (exact) mass is 486 g/mol. The van der Waals surface area contributed by atoms with Gasteiger partial charge in [-0.1, -0.05) is 30.3 Å². The summed E-state index contributed by atoms with van der Waals surface area (Å²) in [4.78, 5) is 6.41. The summed E-state index contributed by atoms with van der Waals surface area (Å²) in [7, 11) is -2.21. The number of hydrogen-bond donors (Lipinski definition) is 1. The zero-order chi connectivity index (χ0) is 24.3. The summed E-state index contributed by atoms with van der Waals surface area (Å²) in [5, 5.41) is 11.7. The lowest BCUT2D eigenvalue weighted by molar-refractivity contribution is -0.0370. The number of sulfone groups is 1. The van der Waals surface area contributed by atoms with Crippen molar-refractivity contribution in [1.82, 2.24) is 9.88 Å². The van der Waals surface area contributed by atoms with E-state index in [0.29, 0.717) is 19.4 Å². The Bertz CT molecular complexity index is 1180. The van der Waals surface area contributed by atoms with Crippen molar-refractivity contribution in [1.29, 1.82) is 0 Å². The Morgan fingerprint density at radius 2 is 1.88 bits per heavy atom. The van der Waals surface area contributed by atoms with Gasteiger partial charge in [0.1, 0.15) is 16.8 Å². The van der Waals surface area contributed by atoms with Crippen LogP contribution in [0, 0.1) is 0 Å². The zero-order valence-electron chi connectivity index (χ0n) is 19.5. The molecule has 6 nitrogen and oxygen atoms in total. The summed E-state index contributed by atoms with van der Waals surface area (Å²) in [5.74, 6) is -0.329. The highest BCUT2D eigenvalue weighted by Gasteiger charge is 2.62. The van der Waals surface area contributed by atoms with Crippen molar-refractivity contribution in [2.24, 2.45) is 0 Å². The second-order valence-electron chi connectivity index (χ2n) is 8.99. The fraction of sp³-hybridized carbons (Fsp3) is 0.423. The van der Waals surface area contributed by atoms with E-state index in [4.69, 9.17) is 4.74 Å². The van der Waals surface area contributed by atoms with E-state index in [2.05, 4.69) is 4.98 Å². The fourth-order valence-electron chi connectivity index (χ4n) is 4.69. The minimum atomic E-state index is -3.83. The van der Waals surface area contributed by atoms with Gasteiger partial charge < -0.3 is 9.84 Å². The van der Waals surface area contributed by atoms with Gasteiger partial charge in [-0.25, -0.2) is 12.8 Å². The summed E-state index contributed by atoms with van der Waals surface area (Å²) in [6.45, 7) is 2.64. The second-order valence-corrected chi connectivity index (χ2v) is 11.3. The van der Waals surface area contributed by atoms with Crippen LogP contribution in [0.15, 0.2) is 71.5 Å². The predicted molar refractivity (Wildman–Crippen MR) is 129 cm³/mol. The van der Waals surface area contributed by atoms with Gasteiger partial charge >= 0.3 is 0 Å². The third kappa shape index (κ3) is 4.73. The Hall–Kier alpha value is -2.39. The molecule has 2 unspecified atom stereocenters. The van der Waals surface area contributed by atoms with Crippen molar-refractivity contribution >= 4 is 9.84 Å². The lowest BCUT2D eigenvalue weighted by Gasteiger charge is -2.38. The molecule has 182 valence electrons. The molecule has 0 spiro atoms. The molecule has 8 heteroatoms. The van der Waals surface area contributed by atoms with Crippen LogP contribution in [0.25, 0.3) is 0 Å². The van der Waals surface area contributed by atoms with E-state index in [0.717, 1.165) is 16.8 Å². The first-order valence-corrected chi connectivity index (χ1v) is 13.0. The minimum absolute atomic E-state index is 0.0652. The van der Waals surface area contributed by atoms with Crippen LogP contribution in [-0.4, -0.2) is 41.5 Å². The molecule has 1 heterocycles. The first kappa shape index (κ1) is 24.7. The number of allylic oxidation sites excluding steroid dienone is 4. The maximum Gasteiger partial charge on any atom is 0.184 e. The van der Waals surface area contributed by atoms with Gasteiger partial charge in [0, 0.05) is 37.2 Å². The van der Waals surface area contributed by atoms with Crippen molar-refractivity contribution < 1.29 is 22.7 Å². The molecule has 0 radical (unpaired) electrons. The van der Waals surface area contributed by atoms with E-state index in [9.17, 15) is 17.9 Å². The Kier molecular flexibility index (Phi) is 7.33. The molecule has 0 aliphatic heterocycles. The molecular weight excluding hydrogens is 455 g/mol. The molecular formula is C26H31FN2O4S. The van der Waals surface area contributed by atoms with Crippen molar-refractivity contribution in [3.63, 3.8) is 0 Å². The van der Waals surface area contributed by atoms with E-state index in [1.807, 2.05) is 49.4 Å². The Balaban J connectivity index is 1.72. The number of hydrogen-bond acceptors (Lipinski definition) is 6. The first-order valence-electron chi connectivity index (χ1n) is 11.5. The summed E-state index contributed by atoms with van der Waals surface area (Å²) in [6, 6.07) is 13.0. The van der Waals surface area contributed by atoms with Gasteiger partial charge in [0.25, 0.3) is 0 Å². The molecule has 1 fully saturated rings. The van der Waals surface area contributed by atoms with Crippen LogP contribution in [0.4, 0.5) is 4.39 Å². The highest BCUT2D eigenvalue weighted by molar-refractivity contribution is 7.96. The molecule has 1 saturated carbocycles. The first-order chi connectivity index (χ1) is 16.3. The molecule has 2 aliphatic carbocycles. The number of nitrogens with zero attached hydrogens (tertiary/aromatic N) is 2. The van der Waals surface area contributed by atoms with Gasteiger partial charge in [-0.05, 0) is 61.6 Å². The Morgan fingerprint density at radius 1 is 1.15 bits per heavy atom. The fourth-order valence-corrected chi connectivity index (χ4v) is 6.88. The minimum Gasteiger partial charge on any atom is -0.380 e. The van der Waals surface area contributed by atoms with Gasteiger partial charge in [0.2, 0.25) is 0 Å². The van der Waals surface area contributed by atoms with Gasteiger partial charge in [-0.15, -0.1) is 0 Å². The average molecular weight is 487 g/mol. The highest BCUT2D eigenvalue weighted by atomic mass is 32.2. The maximum atomic E-state index is 13.7. The van der Waals surface area contributed by atoms with E-state index < -0.39 is 20.8 Å². The molecule has 34 heavy (non-hydrogen) atoms. The molecule has 0 saturated heterocycles. The predicted octanol–water partition coefficient (Wildman–Crippen LogP) is 4.59. The van der Waals surface area contributed by atoms with E-state index in [1.165, 1.54) is 12.2 Å². The molecule has 1 aromatic carbocycles. The van der Waals surface area contributed by atoms with Crippen LogP contribution < -0.4 is 0 Å². The van der Waals surface area contributed by atoms with Crippen LogP contribution in [-0.2, 0) is 27.7 Å². The number of benzene rings is 1. The van der Waals surface area contributed by atoms with E-state index >= 15 is 0 Å². The third-order valence-corrected chi connectivity index (χ3v) is 9.56. The van der Waals surface area contributed by atoms with Crippen LogP contribution >= 0.6 is 0 Å². The average Bonchev–Trinajstić information content (AvgIpc) is 3.66. The summed E-state index contributed by atoms with van der Waals surface area (Å²) >= 11 is 0. The lowest BCUT2D eigenvalue weighted by atomic mass is 9.99. The number of rotatable bonds is 10. The number of pyridine rings is 1. The molecule has 1 N–H and O–H groups in total. The summed E-state index contributed by atoms with van der Waals surface area (Å²) in [5.41, 5.74) is 2.65. The van der Waals surface area contributed by atoms with Crippen LogP contribution in [0.5, 0.6) is 0 Å².